The topological polar surface area (TPSA) is 105 Å². The molecule has 2 fully saturated rings. The lowest BCUT2D eigenvalue weighted by molar-refractivity contribution is -0.00148. The highest BCUT2D eigenvalue weighted by Gasteiger charge is 2.39. The number of esters is 1. The highest BCUT2D eigenvalue weighted by Crippen LogP contribution is 2.42. The molecule has 0 aliphatic carbocycles. The maximum Gasteiger partial charge on any atom is 0.410 e. The fraction of sp³-hybridized carbons (Fsp3) is 0.625. The number of ether oxygens (including phenoxy) is 2. The van der Waals surface area contributed by atoms with Crippen LogP contribution < -0.4 is 5.32 Å². The first-order valence-corrected chi connectivity index (χ1v) is 11.3. The molecule has 1 aromatic carbocycles. The predicted molar refractivity (Wildman–Crippen MR) is 119 cm³/mol. The number of aromatic carboxylic acids is 1. The second-order valence-electron chi connectivity index (χ2n) is 9.66. The molecule has 176 valence electrons. The van der Waals surface area contributed by atoms with Crippen LogP contribution in [0.15, 0.2) is 18.2 Å². The van der Waals surface area contributed by atoms with Gasteiger partial charge in [-0.3, -0.25) is 0 Å². The number of nitrogens with zero attached hydrogens (tertiary/aromatic N) is 1. The summed E-state index contributed by atoms with van der Waals surface area (Å²) in [7, 11) is 1.29. The number of rotatable bonds is 4. The molecule has 0 bridgehead atoms. The van der Waals surface area contributed by atoms with Crippen LogP contribution in [0.25, 0.3) is 0 Å². The molecule has 1 amide bonds. The molecule has 2 saturated heterocycles. The van der Waals surface area contributed by atoms with Gasteiger partial charge in [-0.15, -0.1) is 0 Å². The van der Waals surface area contributed by atoms with Gasteiger partial charge in [-0.25, -0.2) is 14.4 Å². The zero-order valence-corrected chi connectivity index (χ0v) is 19.3. The zero-order valence-electron chi connectivity index (χ0n) is 19.3. The first-order chi connectivity index (χ1) is 15.1. The number of hydrogen-bond acceptors (Lipinski definition) is 6. The average molecular weight is 447 g/mol. The molecule has 8 nitrogen and oxygen atoms in total. The van der Waals surface area contributed by atoms with Crippen LogP contribution in [0.1, 0.15) is 78.8 Å². The molecular weight excluding hydrogens is 412 g/mol. The van der Waals surface area contributed by atoms with Crippen molar-refractivity contribution >= 4 is 18.0 Å². The SMILES string of the molecule is COC(=O)c1ccc(C(=O)O)cc1C1CC(C2CCNCC2)CCN1C(=O)OC(C)(C)C. The van der Waals surface area contributed by atoms with Gasteiger partial charge in [0.1, 0.15) is 5.60 Å². The van der Waals surface area contributed by atoms with Crippen molar-refractivity contribution < 1.29 is 29.0 Å². The smallest absolute Gasteiger partial charge is 0.410 e. The van der Waals surface area contributed by atoms with Crippen LogP contribution in [0.5, 0.6) is 0 Å². The molecule has 2 aliphatic heterocycles. The molecule has 2 atom stereocenters. The van der Waals surface area contributed by atoms with Crippen molar-refractivity contribution in [2.24, 2.45) is 11.8 Å². The second-order valence-corrected chi connectivity index (χ2v) is 9.66. The van der Waals surface area contributed by atoms with Gasteiger partial charge in [-0.05, 0) is 95.1 Å². The monoisotopic (exact) mass is 446 g/mol. The summed E-state index contributed by atoms with van der Waals surface area (Å²) >= 11 is 0. The molecule has 3 rings (SSSR count). The van der Waals surface area contributed by atoms with Crippen LogP contribution in [0.3, 0.4) is 0 Å². The molecule has 2 N–H and O–H groups in total. The summed E-state index contributed by atoms with van der Waals surface area (Å²) < 4.78 is 10.6. The molecule has 2 aliphatic rings. The van der Waals surface area contributed by atoms with Gasteiger partial charge in [-0.2, -0.15) is 0 Å². The molecular formula is C24H34N2O6. The van der Waals surface area contributed by atoms with E-state index < -0.39 is 29.7 Å². The third-order valence-corrected chi connectivity index (χ3v) is 6.38. The molecule has 1 aromatic rings. The van der Waals surface area contributed by atoms with E-state index in [1.807, 2.05) is 20.8 Å². The Morgan fingerprint density at radius 2 is 1.78 bits per heavy atom. The lowest BCUT2D eigenvalue weighted by Gasteiger charge is -2.43. The molecule has 0 aromatic heterocycles. The van der Waals surface area contributed by atoms with E-state index in [0.29, 0.717) is 30.4 Å². The maximum absolute atomic E-state index is 13.1. The molecule has 32 heavy (non-hydrogen) atoms. The quantitative estimate of drug-likeness (QED) is 0.677. The van der Waals surface area contributed by atoms with Crippen molar-refractivity contribution in [3.05, 3.63) is 34.9 Å². The third kappa shape index (κ3) is 5.59. The van der Waals surface area contributed by atoms with Gasteiger partial charge >= 0.3 is 18.0 Å². The fourth-order valence-electron chi connectivity index (χ4n) is 4.84. The van der Waals surface area contributed by atoms with Crippen molar-refractivity contribution in [1.29, 1.82) is 0 Å². The van der Waals surface area contributed by atoms with E-state index >= 15 is 0 Å². The number of carbonyl (C=O) groups excluding carboxylic acids is 2. The Bertz CT molecular complexity index is 857. The van der Waals surface area contributed by atoms with Crippen LogP contribution in [0, 0.1) is 11.8 Å². The normalized spacial score (nSPS) is 22.3. The van der Waals surface area contributed by atoms with E-state index in [1.165, 1.54) is 25.3 Å². The van der Waals surface area contributed by atoms with Gasteiger partial charge in [0.05, 0.1) is 24.3 Å². The summed E-state index contributed by atoms with van der Waals surface area (Å²) in [6, 6.07) is 3.91. The Kier molecular flexibility index (Phi) is 7.44. The van der Waals surface area contributed by atoms with E-state index in [1.54, 1.807) is 4.90 Å². The molecule has 0 radical (unpaired) electrons. The molecule has 2 heterocycles. The largest absolute Gasteiger partial charge is 0.478 e. The lowest BCUT2D eigenvalue weighted by atomic mass is 9.75. The number of carboxylic acid groups (broad SMARTS) is 1. The van der Waals surface area contributed by atoms with Gasteiger partial charge in [0.2, 0.25) is 0 Å². The predicted octanol–water partition coefficient (Wildman–Crippen LogP) is 3.86. The summed E-state index contributed by atoms with van der Waals surface area (Å²) in [5.41, 5.74) is 0.186. The van der Waals surface area contributed by atoms with Crippen LogP contribution in [0.4, 0.5) is 4.79 Å². The number of hydrogen-bond donors (Lipinski definition) is 2. The van der Waals surface area contributed by atoms with Crippen LogP contribution in [0.2, 0.25) is 0 Å². The summed E-state index contributed by atoms with van der Waals surface area (Å²) in [5, 5.41) is 12.9. The van der Waals surface area contributed by atoms with E-state index in [4.69, 9.17) is 9.47 Å². The van der Waals surface area contributed by atoms with Crippen molar-refractivity contribution in [2.75, 3.05) is 26.7 Å². The van der Waals surface area contributed by atoms with Crippen molar-refractivity contribution in [1.82, 2.24) is 10.2 Å². The Morgan fingerprint density at radius 3 is 2.38 bits per heavy atom. The zero-order chi connectivity index (χ0) is 23.5. The summed E-state index contributed by atoms with van der Waals surface area (Å²) in [5.74, 6) is -0.731. The van der Waals surface area contributed by atoms with E-state index in [9.17, 15) is 19.5 Å². The van der Waals surface area contributed by atoms with Gasteiger partial charge in [-0.1, -0.05) is 0 Å². The van der Waals surface area contributed by atoms with Crippen molar-refractivity contribution in [3.8, 4) is 0 Å². The Labute approximate surface area is 189 Å². The maximum atomic E-state index is 13.1. The van der Waals surface area contributed by atoms with Crippen molar-refractivity contribution in [3.63, 3.8) is 0 Å². The highest BCUT2D eigenvalue weighted by molar-refractivity contribution is 5.94. The van der Waals surface area contributed by atoms with Gasteiger partial charge in [0.15, 0.2) is 0 Å². The van der Waals surface area contributed by atoms with Crippen LogP contribution in [-0.2, 0) is 9.47 Å². The first kappa shape index (κ1) is 24.0. The second kappa shape index (κ2) is 9.90. The van der Waals surface area contributed by atoms with Gasteiger partial charge in [0.25, 0.3) is 0 Å². The molecule has 0 spiro atoms. The fourth-order valence-corrected chi connectivity index (χ4v) is 4.84. The number of carboxylic acids is 1. The van der Waals surface area contributed by atoms with E-state index in [-0.39, 0.29) is 11.1 Å². The van der Waals surface area contributed by atoms with Crippen LogP contribution >= 0.6 is 0 Å². The first-order valence-electron chi connectivity index (χ1n) is 11.3. The Balaban J connectivity index is 2.02. The third-order valence-electron chi connectivity index (χ3n) is 6.38. The number of methoxy groups -OCH3 is 1. The minimum atomic E-state index is -1.09. The highest BCUT2D eigenvalue weighted by atomic mass is 16.6. The average Bonchev–Trinajstić information content (AvgIpc) is 2.77. The number of piperidine rings is 2. The molecule has 8 heteroatoms. The number of amides is 1. The van der Waals surface area contributed by atoms with Crippen LogP contribution in [-0.4, -0.2) is 60.4 Å². The Hall–Kier alpha value is -2.61. The molecule has 2 unspecified atom stereocenters. The minimum Gasteiger partial charge on any atom is -0.478 e. The van der Waals surface area contributed by atoms with Crippen molar-refractivity contribution in [2.45, 2.75) is 58.1 Å². The summed E-state index contributed by atoms with van der Waals surface area (Å²) in [6.45, 7) is 7.88. The number of likely N-dealkylation sites (tertiary alicyclic amines) is 1. The van der Waals surface area contributed by atoms with E-state index in [0.717, 1.165) is 32.4 Å². The number of carbonyl (C=O) groups is 3. The van der Waals surface area contributed by atoms with E-state index in [2.05, 4.69) is 5.32 Å². The van der Waals surface area contributed by atoms with Gasteiger partial charge < -0.3 is 24.8 Å². The standard InChI is InChI=1S/C24H34N2O6/c1-24(2,3)32-23(30)26-12-9-16(15-7-10-25-11-8-15)14-20(26)19-13-17(21(27)28)5-6-18(19)22(29)31-4/h5-6,13,15-16,20,25H,7-12,14H2,1-4H3,(H,27,28). The Morgan fingerprint density at radius 1 is 1.09 bits per heavy atom. The summed E-state index contributed by atoms with van der Waals surface area (Å²) in [4.78, 5) is 39.0. The molecule has 0 saturated carbocycles. The number of benzene rings is 1. The van der Waals surface area contributed by atoms with Gasteiger partial charge in [0, 0.05) is 6.54 Å². The lowest BCUT2D eigenvalue weighted by Crippen LogP contribution is -2.46. The number of nitrogens with one attached hydrogen (secondary N) is 1. The summed E-state index contributed by atoms with van der Waals surface area (Å²) in [6.07, 6.45) is 3.19. The minimum absolute atomic E-state index is 0.0702.